The number of benzene rings is 2. The Kier molecular flexibility index (Phi) is 4.39. The molecule has 0 aliphatic heterocycles. The van der Waals surface area contributed by atoms with Crippen molar-refractivity contribution in [2.75, 3.05) is 0 Å². The van der Waals surface area contributed by atoms with E-state index in [4.69, 9.17) is 10.5 Å². The molecule has 2 aromatic rings. The minimum Gasteiger partial charge on any atom is -0.489 e. The van der Waals surface area contributed by atoms with Crippen LogP contribution in [-0.2, 0) is 13.2 Å². The first-order chi connectivity index (χ1) is 8.70. The highest BCUT2D eigenvalue weighted by Gasteiger charge is 2.04. The topological polar surface area (TPSA) is 35.2 Å². The van der Waals surface area contributed by atoms with E-state index in [0.29, 0.717) is 13.2 Å². The van der Waals surface area contributed by atoms with Crippen molar-refractivity contribution in [1.29, 1.82) is 0 Å². The van der Waals surface area contributed by atoms with Gasteiger partial charge < -0.3 is 10.5 Å². The number of aryl methyl sites for hydroxylation is 1. The van der Waals surface area contributed by atoms with Crippen LogP contribution in [-0.4, -0.2) is 0 Å². The predicted molar refractivity (Wildman–Crippen MR) is 77.5 cm³/mol. The second kappa shape index (κ2) is 6.03. The summed E-state index contributed by atoms with van der Waals surface area (Å²) in [5.74, 6) is 0.860. The van der Waals surface area contributed by atoms with E-state index < -0.39 is 0 Å². The standard InChI is InChI=1S/C15H16BrNO/c1-11-6-7-15(13(8-11)9-17)18-10-12-4-2-3-5-14(12)16/h2-8H,9-10,17H2,1H3. The van der Waals surface area contributed by atoms with Crippen molar-refractivity contribution in [1.82, 2.24) is 0 Å². The van der Waals surface area contributed by atoms with Crippen LogP contribution < -0.4 is 10.5 Å². The second-order valence-corrected chi connectivity index (χ2v) is 5.05. The monoisotopic (exact) mass is 305 g/mol. The van der Waals surface area contributed by atoms with E-state index in [9.17, 15) is 0 Å². The number of halogens is 1. The van der Waals surface area contributed by atoms with Crippen LogP contribution in [0.4, 0.5) is 0 Å². The third-order valence-electron chi connectivity index (χ3n) is 2.78. The largest absolute Gasteiger partial charge is 0.489 e. The lowest BCUT2D eigenvalue weighted by molar-refractivity contribution is 0.302. The quantitative estimate of drug-likeness (QED) is 0.932. The molecule has 18 heavy (non-hydrogen) atoms. The van der Waals surface area contributed by atoms with Gasteiger partial charge in [0.05, 0.1) is 0 Å². The summed E-state index contributed by atoms with van der Waals surface area (Å²) in [7, 11) is 0. The number of ether oxygens (including phenoxy) is 1. The van der Waals surface area contributed by atoms with Gasteiger partial charge in [0.25, 0.3) is 0 Å². The minimum atomic E-state index is 0.493. The van der Waals surface area contributed by atoms with Gasteiger partial charge in [-0.15, -0.1) is 0 Å². The molecule has 2 nitrogen and oxygen atoms in total. The number of hydrogen-bond acceptors (Lipinski definition) is 2. The molecule has 0 unspecified atom stereocenters. The fraction of sp³-hybridized carbons (Fsp3) is 0.200. The molecular formula is C15H16BrNO. The van der Waals surface area contributed by atoms with Crippen LogP contribution in [0.25, 0.3) is 0 Å². The fourth-order valence-electron chi connectivity index (χ4n) is 1.78. The molecule has 0 aliphatic rings. The van der Waals surface area contributed by atoms with Gasteiger partial charge in [0.1, 0.15) is 12.4 Å². The Balaban J connectivity index is 2.13. The van der Waals surface area contributed by atoms with E-state index in [2.05, 4.69) is 28.9 Å². The van der Waals surface area contributed by atoms with E-state index in [-0.39, 0.29) is 0 Å². The lowest BCUT2D eigenvalue weighted by atomic mass is 10.1. The minimum absolute atomic E-state index is 0.493. The van der Waals surface area contributed by atoms with Crippen LogP contribution in [0.3, 0.4) is 0 Å². The van der Waals surface area contributed by atoms with Crippen LogP contribution >= 0.6 is 15.9 Å². The maximum Gasteiger partial charge on any atom is 0.124 e. The van der Waals surface area contributed by atoms with Crippen molar-refractivity contribution < 1.29 is 4.74 Å². The molecule has 94 valence electrons. The van der Waals surface area contributed by atoms with E-state index in [1.807, 2.05) is 36.4 Å². The lowest BCUT2D eigenvalue weighted by Crippen LogP contribution is -2.03. The molecule has 2 N–H and O–H groups in total. The molecule has 0 aliphatic carbocycles. The number of nitrogens with two attached hydrogens (primary N) is 1. The second-order valence-electron chi connectivity index (χ2n) is 4.20. The highest BCUT2D eigenvalue weighted by molar-refractivity contribution is 9.10. The molecule has 2 aromatic carbocycles. The molecule has 0 fully saturated rings. The van der Waals surface area contributed by atoms with Gasteiger partial charge in [0, 0.05) is 22.1 Å². The Labute approximate surface area is 116 Å². The molecule has 0 amide bonds. The molecule has 0 bridgehead atoms. The molecular weight excluding hydrogens is 290 g/mol. The van der Waals surface area contributed by atoms with Gasteiger partial charge in [-0.05, 0) is 19.1 Å². The summed E-state index contributed by atoms with van der Waals surface area (Å²) in [6.07, 6.45) is 0. The van der Waals surface area contributed by atoms with Gasteiger partial charge in [-0.3, -0.25) is 0 Å². The van der Waals surface area contributed by atoms with Crippen LogP contribution in [0.2, 0.25) is 0 Å². The van der Waals surface area contributed by atoms with Gasteiger partial charge in [0.2, 0.25) is 0 Å². The van der Waals surface area contributed by atoms with Gasteiger partial charge in [0.15, 0.2) is 0 Å². The molecule has 0 atom stereocenters. The Bertz CT molecular complexity index is 540. The first-order valence-corrected chi connectivity index (χ1v) is 6.66. The maximum absolute atomic E-state index is 5.84. The van der Waals surface area contributed by atoms with Gasteiger partial charge in [-0.2, -0.15) is 0 Å². The molecule has 0 saturated heterocycles. The third kappa shape index (κ3) is 3.12. The molecule has 0 aromatic heterocycles. The first kappa shape index (κ1) is 13.1. The van der Waals surface area contributed by atoms with Crippen molar-refractivity contribution in [3.8, 4) is 5.75 Å². The van der Waals surface area contributed by atoms with Crippen molar-refractivity contribution in [2.45, 2.75) is 20.1 Å². The summed E-state index contributed by atoms with van der Waals surface area (Å²) >= 11 is 3.51. The van der Waals surface area contributed by atoms with Crippen LogP contribution in [0.1, 0.15) is 16.7 Å². The summed E-state index contributed by atoms with van der Waals surface area (Å²) in [5.41, 5.74) is 9.10. The van der Waals surface area contributed by atoms with Crippen molar-refractivity contribution in [3.63, 3.8) is 0 Å². The highest BCUT2D eigenvalue weighted by Crippen LogP contribution is 2.23. The summed E-state index contributed by atoms with van der Waals surface area (Å²) in [4.78, 5) is 0. The molecule has 0 spiro atoms. The van der Waals surface area contributed by atoms with Crippen LogP contribution in [0.5, 0.6) is 5.75 Å². The van der Waals surface area contributed by atoms with Crippen molar-refractivity contribution in [3.05, 3.63) is 63.6 Å². The smallest absolute Gasteiger partial charge is 0.124 e. The highest BCUT2D eigenvalue weighted by atomic mass is 79.9. The summed E-state index contributed by atoms with van der Waals surface area (Å²) in [6, 6.07) is 14.1. The van der Waals surface area contributed by atoms with Crippen molar-refractivity contribution in [2.24, 2.45) is 5.73 Å². The predicted octanol–water partition coefficient (Wildman–Crippen LogP) is 3.80. The van der Waals surface area contributed by atoms with Crippen LogP contribution in [0.15, 0.2) is 46.9 Å². The zero-order valence-corrected chi connectivity index (χ0v) is 11.9. The van der Waals surface area contributed by atoms with E-state index >= 15 is 0 Å². The molecule has 2 rings (SSSR count). The Hall–Kier alpha value is -1.32. The first-order valence-electron chi connectivity index (χ1n) is 5.86. The SMILES string of the molecule is Cc1ccc(OCc2ccccc2Br)c(CN)c1. The zero-order valence-electron chi connectivity index (χ0n) is 10.3. The van der Waals surface area contributed by atoms with E-state index in [1.165, 1.54) is 5.56 Å². The van der Waals surface area contributed by atoms with Crippen LogP contribution in [0, 0.1) is 6.92 Å². The third-order valence-corrected chi connectivity index (χ3v) is 3.55. The van der Waals surface area contributed by atoms with E-state index in [1.54, 1.807) is 0 Å². The van der Waals surface area contributed by atoms with E-state index in [0.717, 1.165) is 21.3 Å². The summed E-state index contributed by atoms with van der Waals surface area (Å²) in [6.45, 7) is 3.08. The molecule has 0 radical (unpaired) electrons. The lowest BCUT2D eigenvalue weighted by Gasteiger charge is -2.12. The zero-order chi connectivity index (χ0) is 13.0. The summed E-state index contributed by atoms with van der Waals surface area (Å²) in [5, 5.41) is 0. The Morgan fingerprint density at radius 2 is 1.89 bits per heavy atom. The summed E-state index contributed by atoms with van der Waals surface area (Å²) < 4.78 is 6.90. The molecule has 3 heteroatoms. The van der Waals surface area contributed by atoms with Gasteiger partial charge in [-0.25, -0.2) is 0 Å². The molecule has 0 heterocycles. The Morgan fingerprint density at radius 1 is 1.11 bits per heavy atom. The van der Waals surface area contributed by atoms with Gasteiger partial charge >= 0.3 is 0 Å². The van der Waals surface area contributed by atoms with Gasteiger partial charge in [-0.1, -0.05) is 51.8 Å². The normalized spacial score (nSPS) is 10.4. The van der Waals surface area contributed by atoms with Crippen molar-refractivity contribution >= 4 is 15.9 Å². The fourth-order valence-corrected chi connectivity index (χ4v) is 2.18. The average molecular weight is 306 g/mol. The average Bonchev–Trinajstić information content (AvgIpc) is 2.39. The maximum atomic E-state index is 5.84. The Morgan fingerprint density at radius 3 is 2.61 bits per heavy atom. The number of rotatable bonds is 4. The molecule has 0 saturated carbocycles. The number of hydrogen-bond donors (Lipinski definition) is 1.